The lowest BCUT2D eigenvalue weighted by atomic mass is 10.2. The van der Waals surface area contributed by atoms with E-state index in [9.17, 15) is 8.42 Å². The van der Waals surface area contributed by atoms with Gasteiger partial charge in [-0.2, -0.15) is 5.26 Å². The number of allylic oxidation sites excluding steroid dienone is 3. The Morgan fingerprint density at radius 1 is 1.31 bits per heavy atom. The van der Waals surface area contributed by atoms with E-state index in [1.807, 2.05) is 30.3 Å². The first-order chi connectivity index (χ1) is 7.54. The van der Waals surface area contributed by atoms with Gasteiger partial charge >= 0.3 is 0 Å². The van der Waals surface area contributed by atoms with Crippen molar-refractivity contribution in [3.8, 4) is 6.07 Å². The largest absolute Gasteiger partial charge is 0.248 e. The summed E-state index contributed by atoms with van der Waals surface area (Å²) in [5.41, 5.74) is 0.908. The predicted molar refractivity (Wildman–Crippen MR) is 62.3 cm³/mol. The second-order valence-corrected chi connectivity index (χ2v) is 4.49. The van der Waals surface area contributed by atoms with Crippen LogP contribution in [0.2, 0.25) is 0 Å². The van der Waals surface area contributed by atoms with E-state index in [4.69, 9.17) is 10.4 Å². The summed E-state index contributed by atoms with van der Waals surface area (Å²) in [7, 11) is -3.92. The molecule has 0 aliphatic carbocycles. The van der Waals surface area contributed by atoms with Crippen molar-refractivity contribution in [2.24, 2.45) is 5.14 Å². The molecule has 0 bridgehead atoms. The summed E-state index contributed by atoms with van der Waals surface area (Å²) in [4.78, 5) is -0.459. The van der Waals surface area contributed by atoms with E-state index >= 15 is 0 Å². The molecule has 1 rings (SSSR count). The fourth-order valence-corrected chi connectivity index (χ4v) is 1.40. The first-order valence-corrected chi connectivity index (χ1v) is 5.95. The lowest BCUT2D eigenvalue weighted by Crippen LogP contribution is -2.13. The van der Waals surface area contributed by atoms with Crippen LogP contribution in [0.1, 0.15) is 5.56 Å². The Labute approximate surface area is 94.4 Å². The molecule has 2 N–H and O–H groups in total. The fraction of sp³-hybridized carbons (Fsp3) is 0. The van der Waals surface area contributed by atoms with Crippen LogP contribution < -0.4 is 5.14 Å². The molecule has 0 aliphatic heterocycles. The van der Waals surface area contributed by atoms with Gasteiger partial charge in [0.25, 0.3) is 0 Å². The molecular formula is C11H10N2O2S. The van der Waals surface area contributed by atoms with E-state index in [0.717, 1.165) is 5.56 Å². The predicted octanol–water partition coefficient (Wildman–Crippen LogP) is 1.40. The molecule has 1 aromatic carbocycles. The molecule has 5 heteroatoms. The zero-order valence-electron chi connectivity index (χ0n) is 8.37. The van der Waals surface area contributed by atoms with Crippen LogP contribution in [0.25, 0.3) is 6.08 Å². The second kappa shape index (κ2) is 5.26. The Hall–Kier alpha value is -1.90. The average Bonchev–Trinajstić information content (AvgIpc) is 2.24. The number of benzene rings is 1. The average molecular weight is 234 g/mol. The van der Waals surface area contributed by atoms with Gasteiger partial charge in [0.1, 0.15) is 6.07 Å². The second-order valence-electron chi connectivity index (χ2n) is 2.96. The third-order valence-corrected chi connectivity index (χ3v) is 2.59. The van der Waals surface area contributed by atoms with Gasteiger partial charge in [0, 0.05) is 0 Å². The zero-order chi connectivity index (χ0) is 12.0. The number of primary sulfonamides is 1. The summed E-state index contributed by atoms with van der Waals surface area (Å²) in [6, 6.07) is 10.8. The van der Waals surface area contributed by atoms with Gasteiger partial charge in [-0.15, -0.1) is 0 Å². The van der Waals surface area contributed by atoms with Gasteiger partial charge in [-0.05, 0) is 11.6 Å². The molecule has 0 aromatic heterocycles. The van der Waals surface area contributed by atoms with Crippen LogP contribution in [0.5, 0.6) is 0 Å². The normalized spacial score (nSPS) is 12.6. The van der Waals surface area contributed by atoms with Gasteiger partial charge < -0.3 is 0 Å². The maximum absolute atomic E-state index is 10.9. The van der Waals surface area contributed by atoms with Gasteiger partial charge in [-0.1, -0.05) is 42.5 Å². The van der Waals surface area contributed by atoms with Crippen molar-refractivity contribution < 1.29 is 8.42 Å². The van der Waals surface area contributed by atoms with Crippen LogP contribution in [-0.4, -0.2) is 8.42 Å². The summed E-state index contributed by atoms with van der Waals surface area (Å²) in [5, 5.41) is 13.4. The van der Waals surface area contributed by atoms with Crippen LogP contribution in [-0.2, 0) is 10.0 Å². The summed E-state index contributed by atoms with van der Waals surface area (Å²) in [5.74, 6) is 0. The van der Waals surface area contributed by atoms with Crippen LogP contribution in [0, 0.1) is 11.3 Å². The number of hydrogen-bond donors (Lipinski definition) is 1. The molecule has 82 valence electrons. The number of nitriles is 1. The highest BCUT2D eigenvalue weighted by atomic mass is 32.2. The highest BCUT2D eigenvalue weighted by Crippen LogP contribution is 2.04. The summed E-state index contributed by atoms with van der Waals surface area (Å²) >= 11 is 0. The molecule has 16 heavy (non-hydrogen) atoms. The maximum atomic E-state index is 10.9. The zero-order valence-corrected chi connectivity index (χ0v) is 9.18. The number of sulfonamides is 1. The smallest absolute Gasteiger partial charge is 0.224 e. The van der Waals surface area contributed by atoms with Crippen molar-refractivity contribution in [3.63, 3.8) is 0 Å². The Kier molecular flexibility index (Phi) is 4.00. The first-order valence-electron chi connectivity index (χ1n) is 4.40. The van der Waals surface area contributed by atoms with E-state index < -0.39 is 14.9 Å². The molecule has 0 unspecified atom stereocenters. The molecular weight excluding hydrogens is 224 g/mol. The quantitative estimate of drug-likeness (QED) is 0.633. The van der Waals surface area contributed by atoms with E-state index in [-0.39, 0.29) is 0 Å². The topological polar surface area (TPSA) is 83.9 Å². The summed E-state index contributed by atoms with van der Waals surface area (Å²) in [6.07, 6.45) is 4.32. The van der Waals surface area contributed by atoms with Crippen LogP contribution >= 0.6 is 0 Å². The Bertz CT molecular complexity index is 551. The maximum Gasteiger partial charge on any atom is 0.248 e. The van der Waals surface area contributed by atoms with Crippen LogP contribution in [0.3, 0.4) is 0 Å². The number of nitrogens with two attached hydrogens (primary N) is 1. The summed E-state index contributed by atoms with van der Waals surface area (Å²) in [6.45, 7) is 0. The molecule has 0 saturated carbocycles. The van der Waals surface area contributed by atoms with Crippen molar-refractivity contribution in [2.75, 3.05) is 0 Å². The van der Waals surface area contributed by atoms with Gasteiger partial charge in [0.2, 0.25) is 10.0 Å². The third-order valence-electron chi connectivity index (χ3n) is 1.75. The minimum Gasteiger partial charge on any atom is -0.224 e. The number of rotatable bonds is 3. The van der Waals surface area contributed by atoms with Crippen LogP contribution in [0.15, 0.2) is 47.4 Å². The Morgan fingerprint density at radius 3 is 2.44 bits per heavy atom. The SMILES string of the molecule is N#CC(=CC=Cc1ccccc1)S(N)(=O)=O. The summed E-state index contributed by atoms with van der Waals surface area (Å²) < 4.78 is 21.7. The van der Waals surface area contributed by atoms with E-state index in [0.29, 0.717) is 0 Å². The molecule has 4 nitrogen and oxygen atoms in total. The van der Waals surface area contributed by atoms with Gasteiger partial charge in [0.15, 0.2) is 4.91 Å². The highest BCUT2D eigenvalue weighted by molar-refractivity contribution is 7.93. The molecule has 0 amide bonds. The first kappa shape index (κ1) is 12.2. The van der Waals surface area contributed by atoms with Gasteiger partial charge in [-0.25, -0.2) is 13.6 Å². The molecule has 0 radical (unpaired) electrons. The molecule has 0 atom stereocenters. The van der Waals surface area contributed by atoms with Gasteiger partial charge in [-0.3, -0.25) is 0 Å². The fourth-order valence-electron chi connectivity index (χ4n) is 1.01. The minimum atomic E-state index is -3.92. The lowest BCUT2D eigenvalue weighted by molar-refractivity contribution is 0.605. The van der Waals surface area contributed by atoms with Gasteiger partial charge in [0.05, 0.1) is 0 Å². The lowest BCUT2D eigenvalue weighted by Gasteiger charge is -1.91. The number of hydrogen-bond acceptors (Lipinski definition) is 3. The molecule has 0 fully saturated rings. The minimum absolute atomic E-state index is 0.459. The van der Waals surface area contributed by atoms with Crippen LogP contribution in [0.4, 0.5) is 0 Å². The van der Waals surface area contributed by atoms with E-state index in [2.05, 4.69) is 0 Å². The molecule has 0 saturated heterocycles. The Morgan fingerprint density at radius 2 is 1.94 bits per heavy atom. The van der Waals surface area contributed by atoms with Crippen molar-refractivity contribution in [3.05, 3.63) is 53.0 Å². The number of nitrogens with zero attached hydrogens (tertiary/aromatic N) is 1. The van der Waals surface area contributed by atoms with Crippen molar-refractivity contribution >= 4 is 16.1 Å². The molecule has 0 spiro atoms. The standard InChI is InChI=1S/C11H10N2O2S/c12-9-11(16(13,14)15)8-4-7-10-5-2-1-3-6-10/h1-8H,(H2,13,14,15). The van der Waals surface area contributed by atoms with Crippen molar-refractivity contribution in [1.29, 1.82) is 5.26 Å². The monoisotopic (exact) mass is 234 g/mol. The van der Waals surface area contributed by atoms with E-state index in [1.165, 1.54) is 18.2 Å². The van der Waals surface area contributed by atoms with Crippen molar-refractivity contribution in [1.82, 2.24) is 0 Å². The van der Waals surface area contributed by atoms with E-state index in [1.54, 1.807) is 6.08 Å². The highest BCUT2D eigenvalue weighted by Gasteiger charge is 2.08. The van der Waals surface area contributed by atoms with Crippen molar-refractivity contribution in [2.45, 2.75) is 0 Å². The molecule has 0 aliphatic rings. The third kappa shape index (κ3) is 3.69. The Balaban J connectivity index is 2.89. The molecule has 0 heterocycles. The molecule has 1 aromatic rings.